The van der Waals surface area contributed by atoms with E-state index in [1.54, 1.807) is 6.33 Å². The van der Waals surface area contributed by atoms with Crippen molar-refractivity contribution in [3.63, 3.8) is 0 Å². The summed E-state index contributed by atoms with van der Waals surface area (Å²) >= 11 is 1.42. The van der Waals surface area contributed by atoms with Crippen molar-refractivity contribution in [2.24, 2.45) is 5.92 Å². The summed E-state index contributed by atoms with van der Waals surface area (Å²) < 4.78 is 5.40. The second-order valence-electron chi connectivity index (χ2n) is 6.70. The molecule has 2 aromatic rings. The molecule has 0 bridgehead atoms. The molecule has 7 heteroatoms. The van der Waals surface area contributed by atoms with Crippen molar-refractivity contribution >= 4 is 29.2 Å². The van der Waals surface area contributed by atoms with Crippen LogP contribution in [0.1, 0.15) is 26.7 Å². The maximum Gasteiger partial charge on any atom is 0.234 e. The number of amides is 1. The molecule has 0 radical (unpaired) electrons. The third kappa shape index (κ3) is 5.85. The lowest BCUT2D eigenvalue weighted by Crippen LogP contribution is -2.34. The van der Waals surface area contributed by atoms with Gasteiger partial charge in [0.2, 0.25) is 5.91 Å². The van der Waals surface area contributed by atoms with Crippen molar-refractivity contribution < 1.29 is 9.53 Å². The summed E-state index contributed by atoms with van der Waals surface area (Å²) in [4.78, 5) is 23.2. The van der Waals surface area contributed by atoms with E-state index in [2.05, 4.69) is 27.1 Å². The molecular weight excluding hydrogens is 360 g/mol. The Balaban J connectivity index is 1.52. The lowest BCUT2D eigenvalue weighted by atomic mass is 10.0. The van der Waals surface area contributed by atoms with Crippen LogP contribution < -0.4 is 15.0 Å². The summed E-state index contributed by atoms with van der Waals surface area (Å²) in [5.74, 6) is 2.68. The largest absolute Gasteiger partial charge is 0.494 e. The lowest BCUT2D eigenvalue weighted by Gasteiger charge is -2.31. The molecule has 1 aliphatic heterocycles. The minimum atomic E-state index is -0.0593. The number of benzene rings is 1. The molecule has 1 amide bonds. The van der Waals surface area contributed by atoms with Gasteiger partial charge < -0.3 is 15.0 Å². The number of carbonyl (C=O) groups excluding carboxylic acids is 1. The number of carbonyl (C=O) groups is 1. The minimum Gasteiger partial charge on any atom is -0.494 e. The van der Waals surface area contributed by atoms with E-state index in [1.165, 1.54) is 24.6 Å². The fourth-order valence-corrected chi connectivity index (χ4v) is 3.78. The van der Waals surface area contributed by atoms with Crippen LogP contribution in [-0.4, -0.2) is 41.3 Å². The summed E-state index contributed by atoms with van der Waals surface area (Å²) in [5, 5.41) is 3.72. The van der Waals surface area contributed by atoms with Crippen molar-refractivity contribution in [2.75, 3.05) is 35.7 Å². The molecule has 144 valence electrons. The van der Waals surface area contributed by atoms with Gasteiger partial charge in [0.1, 0.15) is 22.9 Å². The molecule has 3 rings (SSSR count). The van der Waals surface area contributed by atoms with Crippen molar-refractivity contribution in [1.29, 1.82) is 0 Å². The quantitative estimate of drug-likeness (QED) is 0.576. The Labute approximate surface area is 164 Å². The van der Waals surface area contributed by atoms with Crippen molar-refractivity contribution in [2.45, 2.75) is 31.7 Å². The zero-order chi connectivity index (χ0) is 19.1. The Bertz CT molecular complexity index is 754. The fourth-order valence-electron chi connectivity index (χ4n) is 3.12. The van der Waals surface area contributed by atoms with Gasteiger partial charge in [-0.1, -0.05) is 18.7 Å². The van der Waals surface area contributed by atoms with Gasteiger partial charge in [-0.05, 0) is 49.9 Å². The Morgan fingerprint density at radius 2 is 2.15 bits per heavy atom. The first-order chi connectivity index (χ1) is 13.1. The highest BCUT2D eigenvalue weighted by Gasteiger charge is 2.18. The highest BCUT2D eigenvalue weighted by molar-refractivity contribution is 7.99. The van der Waals surface area contributed by atoms with Gasteiger partial charge in [-0.25, -0.2) is 9.97 Å². The number of ether oxygens (including phenoxy) is 1. The number of anilines is 2. The van der Waals surface area contributed by atoms with E-state index in [0.29, 0.717) is 18.3 Å². The molecule has 27 heavy (non-hydrogen) atoms. The van der Waals surface area contributed by atoms with Crippen LogP contribution in [0.3, 0.4) is 0 Å². The van der Waals surface area contributed by atoms with E-state index in [1.807, 2.05) is 37.3 Å². The predicted molar refractivity (Wildman–Crippen MR) is 110 cm³/mol. The summed E-state index contributed by atoms with van der Waals surface area (Å²) in [7, 11) is 0. The Hall–Kier alpha value is -2.28. The zero-order valence-corrected chi connectivity index (χ0v) is 16.7. The smallest absolute Gasteiger partial charge is 0.234 e. The molecule has 1 atom stereocenters. The standard InChI is InChI=1S/C20H26N4O2S/c1-3-26-17-8-6-16(7-9-17)23-19(25)13-27-20-11-18(21-14-22-20)24-10-4-5-15(2)12-24/h6-9,11,14-15H,3-5,10,12-13H2,1-2H3,(H,23,25)/t15-/m1/s1. The summed E-state index contributed by atoms with van der Waals surface area (Å²) in [6.07, 6.45) is 4.05. The third-order valence-corrected chi connectivity index (χ3v) is 5.33. The van der Waals surface area contributed by atoms with E-state index in [0.717, 1.165) is 35.4 Å². The average molecular weight is 387 g/mol. The summed E-state index contributed by atoms with van der Waals surface area (Å²) in [6, 6.07) is 9.36. The number of thioether (sulfide) groups is 1. The molecule has 0 unspecified atom stereocenters. The van der Waals surface area contributed by atoms with E-state index < -0.39 is 0 Å². The molecule has 0 aliphatic carbocycles. The monoisotopic (exact) mass is 386 g/mol. The van der Waals surface area contributed by atoms with Crippen LogP contribution >= 0.6 is 11.8 Å². The minimum absolute atomic E-state index is 0.0593. The molecule has 1 aliphatic rings. The maximum absolute atomic E-state index is 12.2. The number of hydrogen-bond donors (Lipinski definition) is 1. The van der Waals surface area contributed by atoms with E-state index in [4.69, 9.17) is 4.74 Å². The van der Waals surface area contributed by atoms with Crippen LogP contribution in [0.25, 0.3) is 0 Å². The first-order valence-corrected chi connectivity index (χ1v) is 10.3. The van der Waals surface area contributed by atoms with Crippen LogP contribution in [0.15, 0.2) is 41.7 Å². The first-order valence-electron chi connectivity index (χ1n) is 9.36. The lowest BCUT2D eigenvalue weighted by molar-refractivity contribution is -0.113. The van der Waals surface area contributed by atoms with Gasteiger partial charge in [-0.15, -0.1) is 0 Å². The zero-order valence-electron chi connectivity index (χ0n) is 15.9. The summed E-state index contributed by atoms with van der Waals surface area (Å²) in [6.45, 7) is 6.90. The van der Waals surface area contributed by atoms with Crippen molar-refractivity contribution in [1.82, 2.24) is 9.97 Å². The maximum atomic E-state index is 12.2. The predicted octanol–water partition coefficient (Wildman–Crippen LogP) is 3.84. The van der Waals surface area contributed by atoms with Crippen LogP contribution in [0.2, 0.25) is 0 Å². The highest BCUT2D eigenvalue weighted by atomic mass is 32.2. The van der Waals surface area contributed by atoms with Crippen molar-refractivity contribution in [3.8, 4) is 5.75 Å². The van der Waals surface area contributed by atoms with Crippen LogP contribution in [0.5, 0.6) is 5.75 Å². The number of rotatable bonds is 7. The molecule has 6 nitrogen and oxygen atoms in total. The van der Waals surface area contributed by atoms with Gasteiger partial charge in [-0.3, -0.25) is 4.79 Å². The molecule has 1 fully saturated rings. The molecular formula is C20H26N4O2S. The van der Waals surface area contributed by atoms with Gasteiger partial charge in [0.15, 0.2) is 0 Å². The van der Waals surface area contributed by atoms with Crippen LogP contribution in [-0.2, 0) is 4.79 Å². The van der Waals surface area contributed by atoms with E-state index in [-0.39, 0.29) is 5.91 Å². The first kappa shape index (κ1) is 19.5. The van der Waals surface area contributed by atoms with Crippen LogP contribution in [0, 0.1) is 5.92 Å². The second kappa shape index (κ2) is 9.60. The second-order valence-corrected chi connectivity index (χ2v) is 7.70. The van der Waals surface area contributed by atoms with E-state index >= 15 is 0 Å². The van der Waals surface area contributed by atoms with Gasteiger partial charge in [0.05, 0.1) is 12.4 Å². The van der Waals surface area contributed by atoms with Crippen molar-refractivity contribution in [3.05, 3.63) is 36.7 Å². The molecule has 0 saturated carbocycles. The fraction of sp³-hybridized carbons (Fsp3) is 0.450. The topological polar surface area (TPSA) is 67.3 Å². The Morgan fingerprint density at radius 1 is 1.33 bits per heavy atom. The number of nitrogens with one attached hydrogen (secondary N) is 1. The van der Waals surface area contributed by atoms with Gasteiger partial charge in [0, 0.05) is 24.8 Å². The SMILES string of the molecule is CCOc1ccc(NC(=O)CSc2cc(N3CCC[C@@H](C)C3)ncn2)cc1. The Kier molecular flexibility index (Phi) is 6.92. The highest BCUT2D eigenvalue weighted by Crippen LogP contribution is 2.24. The molecule has 1 saturated heterocycles. The third-order valence-electron chi connectivity index (χ3n) is 4.41. The number of piperidine rings is 1. The molecule has 2 heterocycles. The average Bonchev–Trinajstić information content (AvgIpc) is 2.68. The number of hydrogen-bond acceptors (Lipinski definition) is 6. The van der Waals surface area contributed by atoms with Gasteiger partial charge >= 0.3 is 0 Å². The van der Waals surface area contributed by atoms with E-state index in [9.17, 15) is 4.79 Å². The Morgan fingerprint density at radius 3 is 2.89 bits per heavy atom. The molecule has 0 spiro atoms. The summed E-state index contributed by atoms with van der Waals surface area (Å²) in [5.41, 5.74) is 0.759. The molecule has 1 N–H and O–H groups in total. The molecule has 1 aromatic carbocycles. The number of aromatic nitrogens is 2. The van der Waals surface area contributed by atoms with Crippen LogP contribution in [0.4, 0.5) is 11.5 Å². The van der Waals surface area contributed by atoms with Gasteiger partial charge in [0.25, 0.3) is 0 Å². The molecule has 1 aromatic heterocycles. The number of nitrogens with zero attached hydrogens (tertiary/aromatic N) is 3. The van der Waals surface area contributed by atoms with Gasteiger partial charge in [-0.2, -0.15) is 0 Å². The normalized spacial score (nSPS) is 16.8.